The topological polar surface area (TPSA) is 75.9 Å². The van der Waals surface area contributed by atoms with Gasteiger partial charge in [0.1, 0.15) is 5.60 Å². The molecule has 1 aliphatic heterocycles. The molecule has 1 amide bonds. The van der Waals surface area contributed by atoms with E-state index < -0.39 is 5.60 Å². The van der Waals surface area contributed by atoms with Crippen LogP contribution in [0, 0.1) is 17.0 Å². The highest BCUT2D eigenvalue weighted by Crippen LogP contribution is 2.26. The number of rotatable bonds is 2. The maximum absolute atomic E-state index is 12.0. The molecule has 0 N–H and O–H groups in total. The number of amides is 1. The molecule has 0 radical (unpaired) electrons. The Balaban J connectivity index is 2.01. The number of hydrogen-bond donors (Lipinski definition) is 0. The third kappa shape index (κ3) is 4.34. The number of piperazine rings is 1. The van der Waals surface area contributed by atoms with Crippen molar-refractivity contribution in [3.05, 3.63) is 33.9 Å². The van der Waals surface area contributed by atoms with E-state index in [2.05, 4.69) is 0 Å². The molecule has 23 heavy (non-hydrogen) atoms. The van der Waals surface area contributed by atoms with E-state index in [4.69, 9.17) is 4.74 Å². The van der Waals surface area contributed by atoms with E-state index in [0.717, 1.165) is 5.69 Å². The first-order valence-corrected chi connectivity index (χ1v) is 7.65. The van der Waals surface area contributed by atoms with E-state index >= 15 is 0 Å². The Morgan fingerprint density at radius 3 is 2.35 bits per heavy atom. The molecule has 1 heterocycles. The fourth-order valence-electron chi connectivity index (χ4n) is 2.46. The molecule has 1 aromatic carbocycles. The second kappa shape index (κ2) is 6.44. The van der Waals surface area contributed by atoms with Crippen LogP contribution in [-0.4, -0.2) is 47.7 Å². The third-order valence-corrected chi connectivity index (χ3v) is 3.69. The fourth-order valence-corrected chi connectivity index (χ4v) is 2.46. The molecule has 126 valence electrons. The van der Waals surface area contributed by atoms with Crippen molar-refractivity contribution in [3.8, 4) is 0 Å². The SMILES string of the molecule is Cc1ccc(N2CCN(C(=O)OC(C)(C)C)CC2)cc1[N+](=O)[O-]. The minimum Gasteiger partial charge on any atom is -0.444 e. The molecule has 0 saturated carbocycles. The number of nitrogens with zero attached hydrogens (tertiary/aromatic N) is 3. The Hall–Kier alpha value is -2.31. The molecule has 0 aliphatic carbocycles. The Kier molecular flexibility index (Phi) is 4.77. The van der Waals surface area contributed by atoms with Crippen LogP contribution in [0.1, 0.15) is 26.3 Å². The number of hydrogen-bond acceptors (Lipinski definition) is 5. The number of nitro groups is 1. The van der Waals surface area contributed by atoms with Crippen molar-refractivity contribution in [2.75, 3.05) is 31.1 Å². The first kappa shape index (κ1) is 17.1. The lowest BCUT2D eigenvalue weighted by Gasteiger charge is -2.36. The summed E-state index contributed by atoms with van der Waals surface area (Å²) in [6, 6.07) is 5.23. The van der Waals surface area contributed by atoms with Crippen LogP contribution >= 0.6 is 0 Å². The van der Waals surface area contributed by atoms with Crippen LogP contribution in [0.4, 0.5) is 16.2 Å². The van der Waals surface area contributed by atoms with Crippen LogP contribution in [0.5, 0.6) is 0 Å². The molecule has 7 nitrogen and oxygen atoms in total. The van der Waals surface area contributed by atoms with E-state index in [1.54, 1.807) is 24.0 Å². The van der Waals surface area contributed by atoms with Crippen molar-refractivity contribution in [2.45, 2.75) is 33.3 Å². The summed E-state index contributed by atoms with van der Waals surface area (Å²) in [7, 11) is 0. The van der Waals surface area contributed by atoms with Crippen molar-refractivity contribution in [1.29, 1.82) is 0 Å². The lowest BCUT2D eigenvalue weighted by atomic mass is 10.1. The zero-order valence-corrected chi connectivity index (χ0v) is 14.0. The van der Waals surface area contributed by atoms with Gasteiger partial charge in [0.05, 0.1) is 4.92 Å². The molecule has 2 rings (SSSR count). The second-order valence-electron chi connectivity index (χ2n) is 6.68. The molecule has 1 aromatic rings. The van der Waals surface area contributed by atoms with Gasteiger partial charge in [0.25, 0.3) is 5.69 Å². The van der Waals surface area contributed by atoms with Crippen molar-refractivity contribution in [3.63, 3.8) is 0 Å². The second-order valence-corrected chi connectivity index (χ2v) is 6.68. The summed E-state index contributed by atoms with van der Waals surface area (Å²) >= 11 is 0. The number of carbonyl (C=O) groups excluding carboxylic acids is 1. The average Bonchev–Trinajstić information content (AvgIpc) is 2.46. The van der Waals surface area contributed by atoms with Gasteiger partial charge in [-0.1, -0.05) is 6.07 Å². The number of benzene rings is 1. The molecule has 1 aliphatic rings. The lowest BCUT2D eigenvalue weighted by Crippen LogP contribution is -2.50. The number of ether oxygens (including phenoxy) is 1. The Morgan fingerprint density at radius 1 is 1.22 bits per heavy atom. The normalized spacial score (nSPS) is 15.5. The maximum atomic E-state index is 12.0. The van der Waals surface area contributed by atoms with E-state index in [9.17, 15) is 14.9 Å². The largest absolute Gasteiger partial charge is 0.444 e. The fraction of sp³-hybridized carbons (Fsp3) is 0.562. The van der Waals surface area contributed by atoms with Crippen LogP contribution in [0.3, 0.4) is 0 Å². The van der Waals surface area contributed by atoms with Crippen LogP contribution in [0.15, 0.2) is 18.2 Å². The summed E-state index contributed by atoms with van der Waals surface area (Å²) in [5.41, 5.74) is 1.07. The summed E-state index contributed by atoms with van der Waals surface area (Å²) in [6.45, 7) is 9.57. The van der Waals surface area contributed by atoms with Crippen molar-refractivity contribution in [2.24, 2.45) is 0 Å². The van der Waals surface area contributed by atoms with Gasteiger partial charge in [-0.05, 0) is 33.8 Å². The van der Waals surface area contributed by atoms with Crippen molar-refractivity contribution in [1.82, 2.24) is 4.90 Å². The van der Waals surface area contributed by atoms with E-state index in [0.29, 0.717) is 31.7 Å². The van der Waals surface area contributed by atoms with Gasteiger partial charge < -0.3 is 14.5 Å². The summed E-state index contributed by atoms with van der Waals surface area (Å²) in [6.07, 6.45) is -0.313. The molecule has 0 spiro atoms. The van der Waals surface area contributed by atoms with Gasteiger partial charge in [-0.25, -0.2) is 4.79 Å². The monoisotopic (exact) mass is 321 g/mol. The average molecular weight is 321 g/mol. The smallest absolute Gasteiger partial charge is 0.410 e. The van der Waals surface area contributed by atoms with Gasteiger partial charge in [-0.15, -0.1) is 0 Å². The molecule has 0 unspecified atom stereocenters. The minimum absolute atomic E-state index is 0.122. The van der Waals surface area contributed by atoms with E-state index in [1.165, 1.54) is 0 Å². The number of aryl methyl sites for hydroxylation is 1. The Morgan fingerprint density at radius 2 is 1.83 bits per heavy atom. The maximum Gasteiger partial charge on any atom is 0.410 e. The summed E-state index contributed by atoms with van der Waals surface area (Å²) in [5, 5.41) is 11.0. The molecule has 0 aromatic heterocycles. The van der Waals surface area contributed by atoms with E-state index in [-0.39, 0.29) is 16.7 Å². The number of nitro benzene ring substituents is 1. The number of anilines is 1. The van der Waals surface area contributed by atoms with Crippen molar-refractivity contribution >= 4 is 17.5 Å². The first-order chi connectivity index (χ1) is 10.7. The molecule has 0 bridgehead atoms. The zero-order chi connectivity index (χ0) is 17.2. The van der Waals surface area contributed by atoms with Gasteiger partial charge in [-0.2, -0.15) is 0 Å². The zero-order valence-electron chi connectivity index (χ0n) is 14.0. The molecular weight excluding hydrogens is 298 g/mol. The molecule has 1 saturated heterocycles. The molecule has 0 atom stereocenters. The highest BCUT2D eigenvalue weighted by molar-refractivity contribution is 5.68. The van der Waals surface area contributed by atoms with Gasteiger partial charge in [0.15, 0.2) is 0 Å². The van der Waals surface area contributed by atoms with Gasteiger partial charge in [-0.3, -0.25) is 10.1 Å². The van der Waals surface area contributed by atoms with Crippen LogP contribution in [0.2, 0.25) is 0 Å². The molecule has 7 heteroatoms. The standard InChI is InChI=1S/C16H23N3O4/c1-12-5-6-13(11-14(12)19(21)22)17-7-9-18(10-8-17)15(20)23-16(2,3)4/h5-6,11H,7-10H2,1-4H3. The Labute approximate surface area is 136 Å². The van der Waals surface area contributed by atoms with Gasteiger partial charge in [0.2, 0.25) is 0 Å². The quantitative estimate of drug-likeness (QED) is 0.618. The van der Waals surface area contributed by atoms with Gasteiger partial charge >= 0.3 is 6.09 Å². The lowest BCUT2D eigenvalue weighted by molar-refractivity contribution is -0.385. The minimum atomic E-state index is -0.508. The first-order valence-electron chi connectivity index (χ1n) is 7.65. The summed E-state index contributed by atoms with van der Waals surface area (Å²) < 4.78 is 5.36. The molecule has 1 fully saturated rings. The van der Waals surface area contributed by atoms with Crippen LogP contribution < -0.4 is 4.90 Å². The van der Waals surface area contributed by atoms with Crippen LogP contribution in [0.25, 0.3) is 0 Å². The highest BCUT2D eigenvalue weighted by Gasteiger charge is 2.26. The predicted molar refractivity (Wildman–Crippen MR) is 87.9 cm³/mol. The summed E-state index contributed by atoms with van der Waals surface area (Å²) in [4.78, 5) is 26.4. The predicted octanol–water partition coefficient (Wildman–Crippen LogP) is 2.96. The molecular formula is C16H23N3O4. The van der Waals surface area contributed by atoms with Crippen molar-refractivity contribution < 1.29 is 14.5 Å². The Bertz CT molecular complexity index is 602. The van der Waals surface area contributed by atoms with Gasteiger partial charge in [0, 0.05) is 43.5 Å². The van der Waals surface area contributed by atoms with E-state index in [1.807, 2.05) is 31.7 Å². The summed E-state index contributed by atoms with van der Waals surface area (Å²) in [5.74, 6) is 0. The highest BCUT2D eigenvalue weighted by atomic mass is 16.6. The third-order valence-electron chi connectivity index (χ3n) is 3.69. The number of carbonyl (C=O) groups is 1. The van der Waals surface area contributed by atoms with Crippen LogP contribution in [-0.2, 0) is 4.74 Å².